The molecule has 1 N–H and O–H groups in total. The fourth-order valence-electron chi connectivity index (χ4n) is 3.16. The van der Waals surface area contributed by atoms with Crippen LogP contribution in [-0.4, -0.2) is 31.4 Å². The van der Waals surface area contributed by atoms with Gasteiger partial charge in [0.15, 0.2) is 5.75 Å². The van der Waals surface area contributed by atoms with E-state index in [4.69, 9.17) is 4.98 Å². The largest absolute Gasteiger partial charge is 0.502 e. The number of nitro benzene ring substituents is 1. The number of aromatic hydroxyl groups is 1. The van der Waals surface area contributed by atoms with Gasteiger partial charge in [-0.15, -0.1) is 0 Å². The summed E-state index contributed by atoms with van der Waals surface area (Å²) in [5, 5.41) is 21.0. The molecule has 2 aliphatic rings. The molecule has 1 aliphatic carbocycles. The Morgan fingerprint density at radius 3 is 2.96 bits per heavy atom. The molecule has 0 saturated heterocycles. The van der Waals surface area contributed by atoms with E-state index in [0.29, 0.717) is 24.6 Å². The molecule has 4 rings (SSSR count). The number of para-hydroxylation sites is 1. The van der Waals surface area contributed by atoms with E-state index in [0.717, 1.165) is 30.0 Å². The van der Waals surface area contributed by atoms with Crippen molar-refractivity contribution in [2.45, 2.75) is 38.3 Å². The zero-order valence-corrected chi connectivity index (χ0v) is 13.2. The van der Waals surface area contributed by atoms with Gasteiger partial charge in [-0.3, -0.25) is 15.0 Å². The number of nitro groups is 1. The summed E-state index contributed by atoms with van der Waals surface area (Å²) < 4.78 is 0. The zero-order chi connectivity index (χ0) is 16.7. The fourth-order valence-corrected chi connectivity index (χ4v) is 3.16. The lowest BCUT2D eigenvalue weighted by molar-refractivity contribution is -0.385. The van der Waals surface area contributed by atoms with Crippen molar-refractivity contribution in [1.82, 2.24) is 14.9 Å². The normalized spacial score (nSPS) is 17.5. The van der Waals surface area contributed by atoms with Crippen LogP contribution in [0, 0.1) is 10.1 Å². The smallest absolute Gasteiger partial charge is 0.311 e. The second-order valence-electron chi connectivity index (χ2n) is 6.48. The average Bonchev–Trinajstić information content (AvgIpc) is 3.41. The number of nitrogens with zero attached hydrogens (tertiary/aromatic N) is 4. The Morgan fingerprint density at radius 2 is 2.21 bits per heavy atom. The minimum atomic E-state index is -0.558. The molecule has 1 aliphatic heterocycles. The summed E-state index contributed by atoms with van der Waals surface area (Å²) in [6, 6.07) is 4.65. The molecule has 1 aromatic heterocycles. The Balaban J connectivity index is 1.51. The first kappa shape index (κ1) is 15.0. The monoisotopic (exact) mass is 326 g/mol. The first-order valence-corrected chi connectivity index (χ1v) is 8.14. The van der Waals surface area contributed by atoms with E-state index in [9.17, 15) is 15.2 Å². The van der Waals surface area contributed by atoms with Crippen LogP contribution in [0.4, 0.5) is 5.69 Å². The molecule has 0 atom stereocenters. The summed E-state index contributed by atoms with van der Waals surface area (Å²) in [5.74, 6) is 1.28. The van der Waals surface area contributed by atoms with E-state index in [1.54, 1.807) is 12.1 Å². The van der Waals surface area contributed by atoms with Gasteiger partial charge in [0.25, 0.3) is 0 Å². The molecule has 2 aromatic rings. The number of fused-ring (bicyclic) bond motifs is 1. The van der Waals surface area contributed by atoms with Crippen LogP contribution in [0.5, 0.6) is 5.75 Å². The first-order valence-electron chi connectivity index (χ1n) is 8.14. The molecule has 24 heavy (non-hydrogen) atoms. The van der Waals surface area contributed by atoms with Crippen molar-refractivity contribution < 1.29 is 10.0 Å². The summed E-state index contributed by atoms with van der Waals surface area (Å²) in [6.07, 6.45) is 5.14. The number of hydrogen-bond acceptors (Lipinski definition) is 6. The summed E-state index contributed by atoms with van der Waals surface area (Å²) >= 11 is 0. The number of phenolic OH excluding ortho intramolecular Hbond substituents is 1. The molecule has 0 spiro atoms. The third kappa shape index (κ3) is 2.82. The fraction of sp³-hybridized carbons (Fsp3) is 0.412. The molecule has 1 aromatic carbocycles. The second-order valence-corrected chi connectivity index (χ2v) is 6.48. The third-order valence-corrected chi connectivity index (χ3v) is 4.66. The van der Waals surface area contributed by atoms with Gasteiger partial charge in [0.1, 0.15) is 5.82 Å². The quantitative estimate of drug-likeness (QED) is 0.685. The second kappa shape index (κ2) is 5.83. The third-order valence-electron chi connectivity index (χ3n) is 4.66. The van der Waals surface area contributed by atoms with Crippen molar-refractivity contribution in [3.05, 3.63) is 57.2 Å². The SMILES string of the molecule is O=[N+]([O-])c1cccc(CN2CCc3nc(C4CC4)ncc3C2)c1O. The lowest BCUT2D eigenvalue weighted by atomic mass is 10.1. The Bertz CT molecular complexity index is 804. The number of hydrogen-bond donors (Lipinski definition) is 1. The zero-order valence-electron chi connectivity index (χ0n) is 13.2. The van der Waals surface area contributed by atoms with Crippen LogP contribution in [-0.2, 0) is 19.5 Å². The lowest BCUT2D eigenvalue weighted by Crippen LogP contribution is -2.31. The first-order chi connectivity index (χ1) is 11.6. The van der Waals surface area contributed by atoms with E-state index >= 15 is 0 Å². The summed E-state index contributed by atoms with van der Waals surface area (Å²) in [6.45, 7) is 1.98. The van der Waals surface area contributed by atoms with E-state index < -0.39 is 4.92 Å². The molecule has 0 amide bonds. The Kier molecular flexibility index (Phi) is 3.65. The predicted octanol–water partition coefficient (Wildman–Crippen LogP) is 2.53. The molecule has 0 radical (unpaired) electrons. The molecule has 0 bridgehead atoms. The highest BCUT2D eigenvalue weighted by Gasteiger charge is 2.28. The maximum absolute atomic E-state index is 10.9. The standard InChI is InChI=1S/C17H18N4O3/c22-16-12(2-1-3-15(16)21(23)24)9-20-7-6-14-13(10-20)8-18-17(19-14)11-4-5-11/h1-3,8,11,22H,4-7,9-10H2. The van der Waals surface area contributed by atoms with Gasteiger partial charge in [-0.25, -0.2) is 9.97 Å². The molecule has 0 unspecified atom stereocenters. The van der Waals surface area contributed by atoms with Gasteiger partial charge in [0.05, 0.1) is 4.92 Å². The van der Waals surface area contributed by atoms with Crippen LogP contribution in [0.25, 0.3) is 0 Å². The molecule has 2 heterocycles. The van der Waals surface area contributed by atoms with E-state index in [2.05, 4.69) is 9.88 Å². The van der Waals surface area contributed by atoms with Crippen LogP contribution in [0.1, 0.15) is 41.4 Å². The van der Waals surface area contributed by atoms with Gasteiger partial charge in [-0.05, 0) is 12.8 Å². The molecular formula is C17H18N4O3. The summed E-state index contributed by atoms with van der Waals surface area (Å²) in [4.78, 5) is 21.7. The maximum Gasteiger partial charge on any atom is 0.311 e. The molecule has 1 fully saturated rings. The molecule has 7 heteroatoms. The van der Waals surface area contributed by atoms with Gasteiger partial charge in [0.2, 0.25) is 0 Å². The van der Waals surface area contributed by atoms with Crippen LogP contribution in [0.15, 0.2) is 24.4 Å². The van der Waals surface area contributed by atoms with Crippen molar-refractivity contribution in [2.24, 2.45) is 0 Å². The van der Waals surface area contributed by atoms with Gasteiger partial charge in [-0.1, -0.05) is 12.1 Å². The van der Waals surface area contributed by atoms with E-state index in [-0.39, 0.29) is 11.4 Å². The molecule has 1 saturated carbocycles. The Hall–Kier alpha value is -2.54. The number of rotatable bonds is 4. The van der Waals surface area contributed by atoms with Crippen molar-refractivity contribution >= 4 is 5.69 Å². The average molecular weight is 326 g/mol. The van der Waals surface area contributed by atoms with Gasteiger partial charge >= 0.3 is 5.69 Å². The molecular weight excluding hydrogens is 308 g/mol. The van der Waals surface area contributed by atoms with Crippen LogP contribution in [0.2, 0.25) is 0 Å². The lowest BCUT2D eigenvalue weighted by Gasteiger charge is -2.28. The van der Waals surface area contributed by atoms with Crippen LogP contribution >= 0.6 is 0 Å². The number of aromatic nitrogens is 2. The number of phenols is 1. The van der Waals surface area contributed by atoms with Crippen molar-refractivity contribution in [2.75, 3.05) is 6.54 Å². The highest BCUT2D eigenvalue weighted by molar-refractivity contribution is 5.50. The summed E-state index contributed by atoms with van der Waals surface area (Å²) in [5.41, 5.74) is 2.55. The summed E-state index contributed by atoms with van der Waals surface area (Å²) in [7, 11) is 0. The van der Waals surface area contributed by atoms with Crippen LogP contribution in [0.3, 0.4) is 0 Å². The number of benzene rings is 1. The topological polar surface area (TPSA) is 92.4 Å². The van der Waals surface area contributed by atoms with Crippen molar-refractivity contribution in [1.29, 1.82) is 0 Å². The molecule has 124 valence electrons. The highest BCUT2D eigenvalue weighted by atomic mass is 16.6. The Labute approximate surface area is 139 Å². The maximum atomic E-state index is 10.9. The highest BCUT2D eigenvalue weighted by Crippen LogP contribution is 2.38. The van der Waals surface area contributed by atoms with Gasteiger partial charge in [0, 0.05) is 61.1 Å². The van der Waals surface area contributed by atoms with Crippen LogP contribution < -0.4 is 0 Å². The van der Waals surface area contributed by atoms with Gasteiger partial charge < -0.3 is 5.11 Å². The molecule has 7 nitrogen and oxygen atoms in total. The van der Waals surface area contributed by atoms with Crippen molar-refractivity contribution in [3.8, 4) is 5.75 Å². The van der Waals surface area contributed by atoms with Gasteiger partial charge in [-0.2, -0.15) is 0 Å². The predicted molar refractivity (Wildman–Crippen MR) is 86.6 cm³/mol. The van der Waals surface area contributed by atoms with E-state index in [1.807, 2.05) is 6.20 Å². The minimum Gasteiger partial charge on any atom is -0.502 e. The Morgan fingerprint density at radius 1 is 1.38 bits per heavy atom. The van der Waals surface area contributed by atoms with E-state index in [1.165, 1.54) is 18.9 Å². The minimum absolute atomic E-state index is 0.242. The van der Waals surface area contributed by atoms with Crippen molar-refractivity contribution in [3.63, 3.8) is 0 Å².